The van der Waals surface area contributed by atoms with E-state index in [2.05, 4.69) is 0 Å². The first-order chi connectivity index (χ1) is 18.3. The fraction of sp³-hybridized carbons (Fsp3) is 0.433. The number of benzene rings is 2. The lowest BCUT2D eigenvalue weighted by Gasteiger charge is -2.40. The van der Waals surface area contributed by atoms with Crippen LogP contribution in [0.1, 0.15) is 20.3 Å². The Labute approximate surface area is 222 Å². The van der Waals surface area contributed by atoms with E-state index in [1.807, 2.05) is 80.6 Å². The molecule has 6 rings (SSSR count). The largest absolute Gasteiger partial charge is 0.394 e. The number of carbonyl (C=O) groups excluding carboxylic acids is 3. The van der Waals surface area contributed by atoms with Gasteiger partial charge in [-0.25, -0.2) is 0 Å². The average molecular weight is 516 g/mol. The van der Waals surface area contributed by atoms with Crippen molar-refractivity contribution in [3.8, 4) is 0 Å². The second kappa shape index (κ2) is 8.78. The Hall–Kier alpha value is -3.49. The first kappa shape index (κ1) is 24.8. The first-order valence-electron chi connectivity index (χ1n) is 13.3. The summed E-state index contributed by atoms with van der Waals surface area (Å²) in [7, 11) is 1.72. The minimum Gasteiger partial charge on any atom is -0.394 e. The van der Waals surface area contributed by atoms with E-state index < -0.39 is 35.1 Å². The van der Waals surface area contributed by atoms with Gasteiger partial charge in [-0.2, -0.15) is 0 Å². The number of aliphatic hydroxyl groups is 1. The molecule has 0 saturated carbocycles. The van der Waals surface area contributed by atoms with Crippen LogP contribution in [0.2, 0.25) is 0 Å². The molecule has 4 aliphatic heterocycles. The van der Waals surface area contributed by atoms with Gasteiger partial charge in [0.25, 0.3) is 5.91 Å². The molecule has 0 aliphatic carbocycles. The maximum absolute atomic E-state index is 14.5. The van der Waals surface area contributed by atoms with Crippen LogP contribution in [0.3, 0.4) is 0 Å². The molecule has 6 atom stereocenters. The second-order valence-electron chi connectivity index (χ2n) is 11.0. The zero-order valence-corrected chi connectivity index (χ0v) is 21.9. The van der Waals surface area contributed by atoms with E-state index in [0.717, 1.165) is 16.5 Å². The number of ether oxygens (including phenoxy) is 1. The molecule has 1 unspecified atom stereocenters. The summed E-state index contributed by atoms with van der Waals surface area (Å²) in [4.78, 5) is 47.3. The van der Waals surface area contributed by atoms with Crippen molar-refractivity contribution in [2.24, 2.45) is 11.8 Å². The molecule has 4 aliphatic rings. The lowest BCUT2D eigenvalue weighted by molar-refractivity contribution is -0.150. The van der Waals surface area contributed by atoms with Crippen LogP contribution in [-0.2, 0) is 19.1 Å². The molecule has 2 fully saturated rings. The lowest BCUT2D eigenvalue weighted by Crippen LogP contribution is -2.58. The van der Waals surface area contributed by atoms with E-state index in [1.54, 1.807) is 16.8 Å². The number of anilines is 1. The molecule has 0 radical (unpaired) electrons. The number of likely N-dealkylation sites (N-methyl/N-ethyl adjacent to an activating group) is 1. The molecular weight excluding hydrogens is 482 g/mol. The van der Waals surface area contributed by atoms with Crippen molar-refractivity contribution in [3.05, 3.63) is 66.8 Å². The molecule has 1 N–H and O–H groups in total. The summed E-state index contributed by atoms with van der Waals surface area (Å²) in [6.07, 6.45) is 7.94. The summed E-state index contributed by atoms with van der Waals surface area (Å²) in [6.45, 7) is 4.15. The maximum Gasteiger partial charge on any atom is 0.253 e. The van der Waals surface area contributed by atoms with Crippen LogP contribution >= 0.6 is 0 Å². The molecule has 8 heteroatoms. The van der Waals surface area contributed by atoms with Gasteiger partial charge in [-0.3, -0.25) is 14.4 Å². The highest BCUT2D eigenvalue weighted by molar-refractivity contribution is 6.06. The summed E-state index contributed by atoms with van der Waals surface area (Å²) >= 11 is 0. The van der Waals surface area contributed by atoms with Crippen molar-refractivity contribution >= 4 is 34.2 Å². The molecule has 3 amide bonds. The van der Waals surface area contributed by atoms with Gasteiger partial charge in [0.1, 0.15) is 11.6 Å². The van der Waals surface area contributed by atoms with Gasteiger partial charge in [0.05, 0.1) is 30.1 Å². The first-order valence-corrected chi connectivity index (χ1v) is 13.3. The highest BCUT2D eigenvalue weighted by atomic mass is 16.5. The van der Waals surface area contributed by atoms with Gasteiger partial charge >= 0.3 is 0 Å². The van der Waals surface area contributed by atoms with Crippen LogP contribution in [-0.4, -0.2) is 82.7 Å². The monoisotopic (exact) mass is 515 g/mol. The van der Waals surface area contributed by atoms with Crippen molar-refractivity contribution in [1.82, 2.24) is 9.80 Å². The third-order valence-corrected chi connectivity index (χ3v) is 8.82. The third kappa shape index (κ3) is 3.33. The standard InChI is InChI=1S/C30H33N3O5/c1-4-21(18-34)33-25-28(37)32(22-12-11-19-9-5-6-10-20(19)17-22)16-8-14-30(25)24(27(33)36)23-26(35)31(3)15-7-13-29(23,2)38-30/h5-14,17,21,23-25,34H,4,15-16,18H2,1-3H3/t21-,23+,24-,25?,29-,30-/m0/s1. The predicted molar refractivity (Wildman–Crippen MR) is 143 cm³/mol. The van der Waals surface area contributed by atoms with Gasteiger partial charge in [0.2, 0.25) is 11.8 Å². The molecular formula is C30H33N3O5. The van der Waals surface area contributed by atoms with E-state index >= 15 is 0 Å². The Kier molecular flexibility index (Phi) is 5.74. The summed E-state index contributed by atoms with van der Waals surface area (Å²) in [5, 5.41) is 12.3. The molecule has 0 aromatic heterocycles. The zero-order chi connectivity index (χ0) is 26.8. The molecule has 198 valence electrons. The minimum absolute atomic E-state index is 0.179. The number of hydrogen-bond donors (Lipinski definition) is 1. The normalized spacial score (nSPS) is 33.3. The smallest absolute Gasteiger partial charge is 0.253 e. The predicted octanol–water partition coefficient (Wildman–Crippen LogP) is 2.51. The van der Waals surface area contributed by atoms with E-state index in [4.69, 9.17) is 4.74 Å². The number of likely N-dealkylation sites (tertiary alicyclic amines) is 1. The van der Waals surface area contributed by atoms with Crippen molar-refractivity contribution in [1.29, 1.82) is 0 Å². The van der Waals surface area contributed by atoms with Crippen molar-refractivity contribution < 1.29 is 24.2 Å². The third-order valence-electron chi connectivity index (χ3n) is 8.82. The van der Waals surface area contributed by atoms with Crippen LogP contribution < -0.4 is 4.90 Å². The maximum atomic E-state index is 14.5. The zero-order valence-electron chi connectivity index (χ0n) is 21.9. The number of carbonyl (C=O) groups is 3. The Morgan fingerprint density at radius 3 is 2.45 bits per heavy atom. The van der Waals surface area contributed by atoms with E-state index in [-0.39, 0.29) is 24.3 Å². The fourth-order valence-electron chi connectivity index (χ4n) is 6.97. The highest BCUT2D eigenvalue weighted by Crippen LogP contribution is 2.58. The van der Waals surface area contributed by atoms with Crippen molar-refractivity contribution in [3.63, 3.8) is 0 Å². The number of rotatable bonds is 4. The molecule has 1 spiro atoms. The number of fused-ring (bicyclic) bond motifs is 3. The Morgan fingerprint density at radius 2 is 1.71 bits per heavy atom. The second-order valence-corrected chi connectivity index (χ2v) is 11.0. The van der Waals surface area contributed by atoms with Crippen LogP contribution in [0.15, 0.2) is 66.8 Å². The van der Waals surface area contributed by atoms with Crippen LogP contribution in [0.25, 0.3) is 10.8 Å². The van der Waals surface area contributed by atoms with Crippen molar-refractivity contribution in [2.45, 2.75) is 43.6 Å². The van der Waals surface area contributed by atoms with Crippen LogP contribution in [0.4, 0.5) is 5.69 Å². The highest BCUT2D eigenvalue weighted by Gasteiger charge is 2.75. The number of aliphatic hydroxyl groups excluding tert-OH is 1. The Balaban J connectivity index is 1.51. The van der Waals surface area contributed by atoms with E-state index in [9.17, 15) is 19.5 Å². The van der Waals surface area contributed by atoms with Crippen LogP contribution in [0.5, 0.6) is 0 Å². The summed E-state index contributed by atoms with van der Waals surface area (Å²) < 4.78 is 6.80. The van der Waals surface area contributed by atoms with Gasteiger partial charge in [-0.1, -0.05) is 61.6 Å². The van der Waals surface area contributed by atoms with Gasteiger partial charge in [0, 0.05) is 25.8 Å². The fourth-order valence-corrected chi connectivity index (χ4v) is 6.97. The number of nitrogens with zero attached hydrogens (tertiary/aromatic N) is 3. The molecule has 2 aromatic rings. The Morgan fingerprint density at radius 1 is 0.974 bits per heavy atom. The quantitative estimate of drug-likeness (QED) is 0.632. The molecule has 38 heavy (non-hydrogen) atoms. The van der Waals surface area contributed by atoms with Crippen molar-refractivity contribution in [2.75, 3.05) is 31.6 Å². The van der Waals surface area contributed by atoms with Gasteiger partial charge in [-0.15, -0.1) is 0 Å². The summed E-state index contributed by atoms with van der Waals surface area (Å²) in [5.41, 5.74) is -1.66. The number of amides is 3. The minimum atomic E-state index is -1.33. The van der Waals surface area contributed by atoms with E-state index in [1.165, 1.54) is 4.90 Å². The SMILES string of the molecule is CC[C@@H](CO)N1C(=O)[C@@H]2[C@@H]3C(=O)N(C)CC=C[C@]3(C)O[C@@]23C=CCN(c2ccc4ccccc4c2)C(=O)C13. The molecule has 2 saturated heterocycles. The molecule has 0 bridgehead atoms. The Bertz CT molecular complexity index is 1380. The van der Waals surface area contributed by atoms with Gasteiger partial charge in [0.15, 0.2) is 0 Å². The summed E-state index contributed by atoms with van der Waals surface area (Å²) in [6, 6.07) is 12.2. The van der Waals surface area contributed by atoms with Gasteiger partial charge in [-0.05, 0) is 36.2 Å². The van der Waals surface area contributed by atoms with Gasteiger partial charge < -0.3 is 24.5 Å². The molecule has 8 nitrogen and oxygen atoms in total. The molecule has 2 aromatic carbocycles. The van der Waals surface area contributed by atoms with E-state index in [0.29, 0.717) is 19.5 Å². The molecule has 4 heterocycles. The number of hydrogen-bond acceptors (Lipinski definition) is 5. The summed E-state index contributed by atoms with van der Waals surface area (Å²) in [5.74, 6) is -2.44. The average Bonchev–Trinajstić information content (AvgIpc) is 3.19. The lowest BCUT2D eigenvalue weighted by atomic mass is 9.74. The topological polar surface area (TPSA) is 90.4 Å². The van der Waals surface area contributed by atoms with Crippen LogP contribution in [0, 0.1) is 11.8 Å².